The fourth-order valence-electron chi connectivity index (χ4n) is 1.49. The van der Waals surface area contributed by atoms with Gasteiger partial charge < -0.3 is 4.90 Å². The Hall–Kier alpha value is -0.120. The molecule has 1 rings (SSSR count). The molecule has 0 bridgehead atoms. The second-order valence-corrected chi connectivity index (χ2v) is 3.33. The summed E-state index contributed by atoms with van der Waals surface area (Å²) in [5.74, 6) is 0. The largest absolute Gasteiger partial charge is 0.301 e. The van der Waals surface area contributed by atoms with Crippen LogP contribution in [-0.4, -0.2) is 49.2 Å². The van der Waals surface area contributed by atoms with Gasteiger partial charge >= 0.3 is 0 Å². The van der Waals surface area contributed by atoms with Crippen molar-refractivity contribution in [3.8, 4) is 0 Å². The summed E-state index contributed by atoms with van der Waals surface area (Å²) in [6.07, 6.45) is 1.22. The molecule has 12 heavy (non-hydrogen) atoms. The van der Waals surface area contributed by atoms with Crippen LogP contribution in [0.3, 0.4) is 0 Å². The van der Waals surface area contributed by atoms with Crippen LogP contribution in [0.2, 0.25) is 0 Å². The third-order valence-electron chi connectivity index (χ3n) is 2.40. The van der Waals surface area contributed by atoms with E-state index < -0.39 is 0 Å². The minimum absolute atomic E-state index is 1.12. The van der Waals surface area contributed by atoms with Crippen molar-refractivity contribution >= 4 is 0 Å². The summed E-state index contributed by atoms with van der Waals surface area (Å²) in [7, 11) is 0. The molecule has 1 aliphatic heterocycles. The third kappa shape index (κ3) is 3.09. The smallest absolute Gasteiger partial charge is 0.0259 e. The summed E-state index contributed by atoms with van der Waals surface area (Å²) in [4.78, 5) is 2.49. The zero-order valence-corrected chi connectivity index (χ0v) is 8.34. The molecule has 72 valence electrons. The van der Waals surface area contributed by atoms with Gasteiger partial charge in [-0.2, -0.15) is 0 Å². The minimum Gasteiger partial charge on any atom is -0.301 e. The highest BCUT2D eigenvalue weighted by molar-refractivity contribution is 4.67. The predicted molar refractivity (Wildman–Crippen MR) is 52.0 cm³/mol. The second kappa shape index (κ2) is 5.51. The van der Waals surface area contributed by atoms with Gasteiger partial charge in [-0.25, -0.2) is 5.01 Å². The fraction of sp³-hybridized carbons (Fsp3) is 1.00. The first-order chi connectivity index (χ1) is 5.86. The Balaban J connectivity index is 2.09. The molecule has 0 radical (unpaired) electrons. The lowest BCUT2D eigenvalue weighted by Gasteiger charge is -2.34. The van der Waals surface area contributed by atoms with E-state index in [2.05, 4.69) is 29.2 Å². The van der Waals surface area contributed by atoms with Crippen LogP contribution in [0, 0.1) is 0 Å². The van der Waals surface area contributed by atoms with Crippen molar-refractivity contribution in [3.05, 3.63) is 0 Å². The van der Waals surface area contributed by atoms with Crippen LogP contribution in [-0.2, 0) is 0 Å². The fourth-order valence-corrected chi connectivity index (χ4v) is 1.49. The molecule has 0 saturated carbocycles. The first-order valence-corrected chi connectivity index (χ1v) is 5.07. The van der Waals surface area contributed by atoms with Crippen molar-refractivity contribution in [2.75, 3.05) is 39.3 Å². The molecule has 0 aromatic carbocycles. The van der Waals surface area contributed by atoms with Crippen molar-refractivity contribution in [2.45, 2.75) is 20.3 Å². The lowest BCUT2D eigenvalue weighted by molar-refractivity contribution is 0.0932. The highest BCUT2D eigenvalue weighted by atomic mass is 15.5. The summed E-state index contributed by atoms with van der Waals surface area (Å²) in [6, 6.07) is 0. The first-order valence-electron chi connectivity index (χ1n) is 5.07. The molecule has 0 aliphatic carbocycles. The summed E-state index contributed by atoms with van der Waals surface area (Å²) >= 11 is 0. The molecule has 1 heterocycles. The lowest BCUT2D eigenvalue weighted by atomic mass is 10.3. The van der Waals surface area contributed by atoms with Gasteiger partial charge in [0, 0.05) is 32.7 Å². The summed E-state index contributed by atoms with van der Waals surface area (Å²) in [5, 5.41) is 2.34. The van der Waals surface area contributed by atoms with E-state index in [9.17, 15) is 0 Å². The average molecular weight is 171 g/mol. The number of hydrogen-bond donors (Lipinski definition) is 1. The summed E-state index contributed by atoms with van der Waals surface area (Å²) in [5.41, 5.74) is 3.42. The molecular formula is C9H21N3. The normalized spacial score (nSPS) is 21.5. The molecule has 1 saturated heterocycles. The van der Waals surface area contributed by atoms with E-state index in [1.54, 1.807) is 0 Å². The molecule has 3 heteroatoms. The van der Waals surface area contributed by atoms with Crippen molar-refractivity contribution in [3.63, 3.8) is 0 Å². The van der Waals surface area contributed by atoms with Crippen molar-refractivity contribution in [2.24, 2.45) is 0 Å². The van der Waals surface area contributed by atoms with Crippen LogP contribution in [0.5, 0.6) is 0 Å². The van der Waals surface area contributed by atoms with E-state index in [1.807, 2.05) is 0 Å². The van der Waals surface area contributed by atoms with Gasteiger partial charge in [-0.3, -0.25) is 5.43 Å². The Morgan fingerprint density at radius 3 is 2.25 bits per heavy atom. The molecular weight excluding hydrogens is 150 g/mol. The Morgan fingerprint density at radius 1 is 1.08 bits per heavy atom. The van der Waals surface area contributed by atoms with E-state index in [4.69, 9.17) is 0 Å². The zero-order chi connectivity index (χ0) is 8.81. The molecule has 0 spiro atoms. The number of hydrogen-bond acceptors (Lipinski definition) is 3. The zero-order valence-electron chi connectivity index (χ0n) is 8.34. The van der Waals surface area contributed by atoms with Crippen molar-refractivity contribution in [1.82, 2.24) is 15.3 Å². The molecule has 0 amide bonds. The highest BCUT2D eigenvalue weighted by Crippen LogP contribution is 1.97. The Labute approximate surface area is 75.7 Å². The maximum Gasteiger partial charge on any atom is 0.0259 e. The number of nitrogens with zero attached hydrogens (tertiary/aromatic N) is 2. The number of hydrazine groups is 1. The van der Waals surface area contributed by atoms with Gasteiger partial charge in [0.05, 0.1) is 0 Å². The molecule has 0 aromatic rings. The molecule has 1 N–H and O–H groups in total. The molecule has 1 fully saturated rings. The Morgan fingerprint density at radius 2 is 1.75 bits per heavy atom. The number of nitrogens with one attached hydrogen (secondary N) is 1. The molecule has 0 atom stereocenters. The average Bonchev–Trinajstić information content (AvgIpc) is 2.15. The second-order valence-electron chi connectivity index (χ2n) is 3.33. The van der Waals surface area contributed by atoms with Gasteiger partial charge in [-0.15, -0.1) is 0 Å². The first kappa shape index (κ1) is 9.96. The van der Waals surface area contributed by atoms with E-state index in [0.29, 0.717) is 0 Å². The summed E-state index contributed by atoms with van der Waals surface area (Å²) < 4.78 is 0. The van der Waals surface area contributed by atoms with Crippen molar-refractivity contribution < 1.29 is 0 Å². The lowest BCUT2D eigenvalue weighted by Crippen LogP contribution is -2.51. The topological polar surface area (TPSA) is 18.5 Å². The number of piperazine rings is 1. The van der Waals surface area contributed by atoms with Crippen LogP contribution in [0.15, 0.2) is 0 Å². The van der Waals surface area contributed by atoms with Gasteiger partial charge in [0.25, 0.3) is 0 Å². The van der Waals surface area contributed by atoms with E-state index >= 15 is 0 Å². The predicted octanol–water partition coefficient (Wildman–Crippen LogP) is 0.539. The quantitative estimate of drug-likeness (QED) is 0.666. The maximum atomic E-state index is 3.42. The third-order valence-corrected chi connectivity index (χ3v) is 2.40. The van der Waals surface area contributed by atoms with Gasteiger partial charge in [-0.1, -0.05) is 13.8 Å². The molecule has 3 nitrogen and oxygen atoms in total. The summed E-state index contributed by atoms with van der Waals surface area (Å²) in [6.45, 7) is 11.5. The van der Waals surface area contributed by atoms with Crippen LogP contribution in [0.4, 0.5) is 0 Å². The van der Waals surface area contributed by atoms with E-state index in [0.717, 1.165) is 6.54 Å². The Bertz CT molecular complexity index is 108. The highest BCUT2D eigenvalue weighted by Gasteiger charge is 2.13. The maximum absolute atomic E-state index is 3.42. The van der Waals surface area contributed by atoms with Crippen LogP contribution in [0.25, 0.3) is 0 Å². The van der Waals surface area contributed by atoms with Crippen LogP contribution >= 0.6 is 0 Å². The van der Waals surface area contributed by atoms with Crippen LogP contribution in [0.1, 0.15) is 20.3 Å². The Kier molecular flexibility index (Phi) is 4.58. The number of rotatable bonds is 4. The van der Waals surface area contributed by atoms with Gasteiger partial charge in [-0.05, 0) is 13.0 Å². The SMILES string of the molecule is CCCNN1CCN(CC)CC1. The van der Waals surface area contributed by atoms with E-state index in [-0.39, 0.29) is 0 Å². The minimum atomic E-state index is 1.12. The standard InChI is InChI=1S/C9H21N3/c1-3-5-10-12-8-6-11(4-2)7-9-12/h10H,3-9H2,1-2H3. The van der Waals surface area contributed by atoms with Crippen molar-refractivity contribution in [1.29, 1.82) is 0 Å². The van der Waals surface area contributed by atoms with E-state index in [1.165, 1.54) is 39.1 Å². The molecule has 0 aromatic heterocycles. The van der Waals surface area contributed by atoms with Gasteiger partial charge in [0.2, 0.25) is 0 Å². The molecule has 1 aliphatic rings. The van der Waals surface area contributed by atoms with Crippen LogP contribution < -0.4 is 5.43 Å². The molecule has 0 unspecified atom stereocenters. The monoisotopic (exact) mass is 171 g/mol. The number of likely N-dealkylation sites (N-methyl/N-ethyl adjacent to an activating group) is 1. The van der Waals surface area contributed by atoms with Gasteiger partial charge in [0.15, 0.2) is 0 Å². The van der Waals surface area contributed by atoms with Gasteiger partial charge in [0.1, 0.15) is 0 Å².